The average Bonchev–Trinajstić information content (AvgIpc) is 3.14. The summed E-state index contributed by atoms with van der Waals surface area (Å²) in [6.45, 7) is 4.05. The number of rotatable bonds is 7. The third-order valence-corrected chi connectivity index (χ3v) is 5.39. The number of aryl methyl sites for hydroxylation is 1. The van der Waals surface area contributed by atoms with E-state index in [0.29, 0.717) is 11.3 Å². The summed E-state index contributed by atoms with van der Waals surface area (Å²) in [4.78, 5) is 25.6. The quantitative estimate of drug-likeness (QED) is 0.427. The van der Waals surface area contributed by atoms with E-state index < -0.39 is 0 Å². The number of ether oxygens (including phenoxy) is 1. The monoisotopic (exact) mass is 412 g/mol. The zero-order chi connectivity index (χ0) is 21.8. The number of nitrogens with zero attached hydrogens (tertiary/aromatic N) is 1. The van der Waals surface area contributed by atoms with Crippen LogP contribution in [0.1, 0.15) is 21.5 Å². The fraction of sp³-hybridized carbons (Fsp3) is 0.154. The minimum Gasteiger partial charge on any atom is -0.485 e. The number of para-hydroxylation sites is 2. The molecular formula is C26H24N2O3. The van der Waals surface area contributed by atoms with Crippen LogP contribution in [0.25, 0.3) is 10.9 Å². The number of anilines is 1. The Hall–Kier alpha value is -3.86. The number of amides is 1. The number of nitrogens with one attached hydrogen (secondary N) is 1. The summed E-state index contributed by atoms with van der Waals surface area (Å²) in [5, 5.41) is 3.79. The Balaban J connectivity index is 1.54. The number of carbonyl (C=O) groups excluding carboxylic acids is 2. The molecule has 0 unspecified atom stereocenters. The van der Waals surface area contributed by atoms with Crippen molar-refractivity contribution in [2.24, 2.45) is 0 Å². The molecule has 0 bridgehead atoms. The third kappa shape index (κ3) is 4.51. The number of benzene rings is 3. The molecule has 3 aromatic carbocycles. The summed E-state index contributed by atoms with van der Waals surface area (Å²) < 4.78 is 7.44. The second-order valence-electron chi connectivity index (χ2n) is 7.51. The average molecular weight is 412 g/mol. The number of hydrogen-bond donors (Lipinski definition) is 1. The lowest BCUT2D eigenvalue weighted by atomic mass is 10.1. The first-order valence-corrected chi connectivity index (χ1v) is 10.2. The SMILES string of the molecule is Cc1cccc(NC(=O)Cn2cc(C(=O)COc3ccccc3)c3ccccc32)c1C. The van der Waals surface area contributed by atoms with Gasteiger partial charge >= 0.3 is 0 Å². The van der Waals surface area contributed by atoms with E-state index in [1.54, 1.807) is 6.20 Å². The van der Waals surface area contributed by atoms with Gasteiger partial charge in [-0.1, -0.05) is 48.5 Å². The Kier molecular flexibility index (Phi) is 5.85. The number of carbonyl (C=O) groups is 2. The van der Waals surface area contributed by atoms with Crippen molar-refractivity contribution in [1.29, 1.82) is 0 Å². The molecule has 1 N–H and O–H groups in total. The first kappa shape index (κ1) is 20.4. The van der Waals surface area contributed by atoms with Crippen molar-refractivity contribution in [2.75, 3.05) is 11.9 Å². The molecule has 5 heteroatoms. The Labute approximate surface area is 181 Å². The Bertz CT molecular complexity index is 1240. The second kappa shape index (κ2) is 8.88. The van der Waals surface area contributed by atoms with Crippen molar-refractivity contribution < 1.29 is 14.3 Å². The van der Waals surface area contributed by atoms with Crippen molar-refractivity contribution in [1.82, 2.24) is 4.57 Å². The zero-order valence-electron chi connectivity index (χ0n) is 17.6. The molecule has 0 aliphatic heterocycles. The maximum Gasteiger partial charge on any atom is 0.244 e. The van der Waals surface area contributed by atoms with E-state index >= 15 is 0 Å². The predicted octanol–water partition coefficient (Wildman–Crippen LogP) is 5.16. The van der Waals surface area contributed by atoms with Crippen LogP contribution >= 0.6 is 0 Å². The van der Waals surface area contributed by atoms with Crippen LogP contribution in [0.2, 0.25) is 0 Å². The predicted molar refractivity (Wildman–Crippen MR) is 123 cm³/mol. The van der Waals surface area contributed by atoms with E-state index in [1.807, 2.05) is 91.2 Å². The highest BCUT2D eigenvalue weighted by Crippen LogP contribution is 2.23. The minimum absolute atomic E-state index is 0.0628. The molecule has 5 nitrogen and oxygen atoms in total. The first-order chi connectivity index (χ1) is 15.0. The van der Waals surface area contributed by atoms with E-state index in [-0.39, 0.29) is 24.8 Å². The molecule has 0 saturated heterocycles. The van der Waals surface area contributed by atoms with Crippen LogP contribution in [0.3, 0.4) is 0 Å². The lowest BCUT2D eigenvalue weighted by molar-refractivity contribution is -0.116. The van der Waals surface area contributed by atoms with Crippen molar-refractivity contribution in [3.8, 4) is 5.75 Å². The molecule has 0 spiro atoms. The standard InChI is InChI=1S/C26H24N2O3/c1-18-9-8-13-23(19(18)2)27-26(30)16-28-15-22(21-12-6-7-14-24(21)28)25(29)17-31-20-10-4-3-5-11-20/h3-15H,16-17H2,1-2H3,(H,27,30). The van der Waals surface area contributed by atoms with Crippen LogP contribution in [0.5, 0.6) is 5.75 Å². The van der Waals surface area contributed by atoms with E-state index in [4.69, 9.17) is 4.74 Å². The number of Topliss-reactive ketones (excluding diaryl/α,β-unsaturated/α-hetero) is 1. The lowest BCUT2D eigenvalue weighted by Gasteiger charge is -2.11. The molecular weight excluding hydrogens is 388 g/mol. The van der Waals surface area contributed by atoms with Gasteiger partial charge in [0.05, 0.1) is 0 Å². The van der Waals surface area contributed by atoms with Gasteiger partial charge in [0.15, 0.2) is 6.61 Å². The molecule has 0 saturated carbocycles. The Morgan fingerprint density at radius 2 is 1.65 bits per heavy atom. The third-order valence-electron chi connectivity index (χ3n) is 5.39. The molecule has 0 fully saturated rings. The van der Waals surface area contributed by atoms with E-state index in [1.165, 1.54) is 0 Å². The van der Waals surface area contributed by atoms with Gasteiger partial charge in [-0.15, -0.1) is 0 Å². The van der Waals surface area contributed by atoms with Crippen molar-refractivity contribution in [3.63, 3.8) is 0 Å². The maximum atomic E-state index is 12.9. The van der Waals surface area contributed by atoms with Crippen LogP contribution < -0.4 is 10.1 Å². The van der Waals surface area contributed by atoms with Crippen molar-refractivity contribution >= 4 is 28.3 Å². The van der Waals surface area contributed by atoms with Gasteiger partial charge in [0.2, 0.25) is 11.7 Å². The van der Waals surface area contributed by atoms with Crippen LogP contribution in [-0.2, 0) is 11.3 Å². The summed E-state index contributed by atoms with van der Waals surface area (Å²) in [7, 11) is 0. The number of ketones is 1. The van der Waals surface area contributed by atoms with E-state index in [2.05, 4.69) is 5.32 Å². The molecule has 156 valence electrons. The molecule has 4 aromatic rings. The van der Waals surface area contributed by atoms with Gasteiger partial charge in [0.25, 0.3) is 0 Å². The topological polar surface area (TPSA) is 60.3 Å². The summed E-state index contributed by atoms with van der Waals surface area (Å²) in [5.41, 5.74) is 4.35. The van der Waals surface area contributed by atoms with Crippen molar-refractivity contribution in [3.05, 3.63) is 95.7 Å². The van der Waals surface area contributed by atoms with Gasteiger partial charge in [-0.2, -0.15) is 0 Å². The number of hydrogen-bond acceptors (Lipinski definition) is 3. The van der Waals surface area contributed by atoms with Gasteiger partial charge in [-0.05, 0) is 49.2 Å². The highest BCUT2D eigenvalue weighted by Gasteiger charge is 2.17. The van der Waals surface area contributed by atoms with Crippen molar-refractivity contribution in [2.45, 2.75) is 20.4 Å². The molecule has 4 rings (SSSR count). The van der Waals surface area contributed by atoms with Crippen LogP contribution in [0.4, 0.5) is 5.69 Å². The lowest BCUT2D eigenvalue weighted by Crippen LogP contribution is -2.19. The highest BCUT2D eigenvalue weighted by molar-refractivity contribution is 6.09. The summed E-state index contributed by atoms with van der Waals surface area (Å²) in [6, 6.07) is 22.7. The molecule has 1 amide bonds. The molecule has 0 aliphatic carbocycles. The number of aromatic nitrogens is 1. The van der Waals surface area contributed by atoms with Gasteiger partial charge in [0.1, 0.15) is 12.3 Å². The van der Waals surface area contributed by atoms with Crippen LogP contribution in [0, 0.1) is 13.8 Å². The Morgan fingerprint density at radius 3 is 2.45 bits per heavy atom. The first-order valence-electron chi connectivity index (χ1n) is 10.2. The van der Waals surface area contributed by atoms with Gasteiger partial charge in [-0.25, -0.2) is 0 Å². The fourth-order valence-electron chi connectivity index (χ4n) is 3.57. The molecule has 0 aliphatic rings. The smallest absolute Gasteiger partial charge is 0.244 e. The summed E-state index contributed by atoms with van der Waals surface area (Å²) >= 11 is 0. The molecule has 31 heavy (non-hydrogen) atoms. The maximum absolute atomic E-state index is 12.9. The number of fused-ring (bicyclic) bond motifs is 1. The molecule has 0 atom stereocenters. The van der Waals surface area contributed by atoms with Crippen LogP contribution in [0.15, 0.2) is 79.0 Å². The minimum atomic E-state index is -0.144. The van der Waals surface area contributed by atoms with Gasteiger partial charge < -0.3 is 14.6 Å². The molecule has 1 heterocycles. The van der Waals surface area contributed by atoms with E-state index in [9.17, 15) is 9.59 Å². The highest BCUT2D eigenvalue weighted by atomic mass is 16.5. The Morgan fingerprint density at radius 1 is 0.903 bits per heavy atom. The summed E-state index contributed by atoms with van der Waals surface area (Å²) in [6.07, 6.45) is 1.74. The second-order valence-corrected chi connectivity index (χ2v) is 7.51. The normalized spacial score (nSPS) is 10.8. The molecule has 1 aromatic heterocycles. The molecule has 0 radical (unpaired) electrons. The van der Waals surface area contributed by atoms with Crippen LogP contribution in [-0.4, -0.2) is 22.9 Å². The van der Waals surface area contributed by atoms with E-state index in [0.717, 1.165) is 27.7 Å². The fourth-order valence-corrected chi connectivity index (χ4v) is 3.57. The zero-order valence-corrected chi connectivity index (χ0v) is 17.6. The van der Waals surface area contributed by atoms with Gasteiger partial charge in [-0.3, -0.25) is 9.59 Å². The summed E-state index contributed by atoms with van der Waals surface area (Å²) in [5.74, 6) is 0.371. The van der Waals surface area contributed by atoms with Gasteiger partial charge in [0, 0.05) is 28.4 Å². The largest absolute Gasteiger partial charge is 0.485 e.